The zero-order valence-electron chi connectivity index (χ0n) is 8.70. The van der Waals surface area contributed by atoms with Crippen LogP contribution in [-0.2, 0) is 13.5 Å². The third kappa shape index (κ3) is 1.50. The van der Waals surface area contributed by atoms with Crippen molar-refractivity contribution in [2.75, 3.05) is 0 Å². The van der Waals surface area contributed by atoms with Crippen LogP contribution in [0.1, 0.15) is 25.6 Å². The molecule has 0 amide bonds. The predicted octanol–water partition coefficient (Wildman–Crippen LogP) is 2.31. The first-order valence-electron chi connectivity index (χ1n) is 5.09. The lowest BCUT2D eigenvalue weighted by molar-refractivity contribution is 0.720. The van der Waals surface area contributed by atoms with Gasteiger partial charge in [-0.15, -0.1) is 0 Å². The van der Waals surface area contributed by atoms with Gasteiger partial charge in [0.1, 0.15) is 5.82 Å². The average Bonchev–Trinajstić information content (AvgIpc) is 2.54. The van der Waals surface area contributed by atoms with Gasteiger partial charge in [-0.25, -0.2) is 9.97 Å². The van der Waals surface area contributed by atoms with Gasteiger partial charge in [-0.3, -0.25) is 0 Å². The lowest BCUT2D eigenvalue weighted by atomic mass is 10.2. The van der Waals surface area contributed by atoms with Gasteiger partial charge >= 0.3 is 0 Å². The molecule has 0 N–H and O–H groups in total. The number of fused-ring (bicyclic) bond motifs is 1. The van der Waals surface area contributed by atoms with E-state index >= 15 is 0 Å². The van der Waals surface area contributed by atoms with Crippen molar-refractivity contribution in [2.24, 2.45) is 7.05 Å². The van der Waals surface area contributed by atoms with Gasteiger partial charge < -0.3 is 4.57 Å². The molecule has 2 heterocycles. The molecule has 0 saturated heterocycles. The summed E-state index contributed by atoms with van der Waals surface area (Å²) in [6, 6.07) is 4.01. The molecule has 14 heavy (non-hydrogen) atoms. The zero-order valence-corrected chi connectivity index (χ0v) is 8.70. The first-order valence-corrected chi connectivity index (χ1v) is 5.09. The van der Waals surface area contributed by atoms with Gasteiger partial charge in [0, 0.05) is 19.7 Å². The van der Waals surface area contributed by atoms with E-state index in [2.05, 4.69) is 34.6 Å². The van der Waals surface area contributed by atoms with Crippen LogP contribution in [0.4, 0.5) is 0 Å². The van der Waals surface area contributed by atoms with E-state index in [9.17, 15) is 0 Å². The highest BCUT2D eigenvalue weighted by Crippen LogP contribution is 2.13. The maximum Gasteiger partial charge on any atom is 0.177 e. The van der Waals surface area contributed by atoms with Crippen LogP contribution in [0.25, 0.3) is 11.2 Å². The summed E-state index contributed by atoms with van der Waals surface area (Å²) in [6.45, 7) is 2.20. The van der Waals surface area contributed by atoms with E-state index in [1.165, 1.54) is 12.8 Å². The smallest absolute Gasteiger partial charge is 0.177 e. The average molecular weight is 189 g/mol. The molecule has 0 saturated carbocycles. The van der Waals surface area contributed by atoms with E-state index in [1.807, 2.05) is 6.07 Å². The molecule has 3 heteroatoms. The summed E-state index contributed by atoms with van der Waals surface area (Å²) in [5.74, 6) is 1.14. The summed E-state index contributed by atoms with van der Waals surface area (Å²) in [5.41, 5.74) is 1.99. The van der Waals surface area contributed by atoms with Crippen LogP contribution < -0.4 is 0 Å². The van der Waals surface area contributed by atoms with Gasteiger partial charge in [0.15, 0.2) is 5.65 Å². The van der Waals surface area contributed by atoms with E-state index in [1.54, 1.807) is 6.20 Å². The maximum atomic E-state index is 4.50. The molecule has 0 aromatic carbocycles. The molecule has 2 rings (SSSR count). The monoisotopic (exact) mass is 189 g/mol. The Morgan fingerprint density at radius 3 is 3.00 bits per heavy atom. The van der Waals surface area contributed by atoms with E-state index in [4.69, 9.17) is 0 Å². The SMILES string of the molecule is CCCCc1nc2ncccc2n1C. The van der Waals surface area contributed by atoms with Crippen LogP contribution in [0.15, 0.2) is 18.3 Å². The van der Waals surface area contributed by atoms with Crippen molar-refractivity contribution < 1.29 is 0 Å². The first kappa shape index (κ1) is 9.19. The molecule has 2 aromatic rings. The summed E-state index contributed by atoms with van der Waals surface area (Å²) < 4.78 is 2.14. The summed E-state index contributed by atoms with van der Waals surface area (Å²) >= 11 is 0. The Morgan fingerprint density at radius 2 is 2.29 bits per heavy atom. The Morgan fingerprint density at radius 1 is 1.43 bits per heavy atom. The van der Waals surface area contributed by atoms with Gasteiger partial charge in [0.2, 0.25) is 0 Å². The van der Waals surface area contributed by atoms with Gasteiger partial charge in [0.25, 0.3) is 0 Å². The van der Waals surface area contributed by atoms with Crippen molar-refractivity contribution in [2.45, 2.75) is 26.2 Å². The minimum Gasteiger partial charge on any atom is -0.330 e. The fourth-order valence-electron chi connectivity index (χ4n) is 1.63. The molecular weight excluding hydrogens is 174 g/mol. The number of nitrogens with zero attached hydrogens (tertiary/aromatic N) is 3. The number of unbranched alkanes of at least 4 members (excludes halogenated alkanes) is 1. The molecule has 2 aromatic heterocycles. The second-order valence-electron chi connectivity index (χ2n) is 3.54. The largest absolute Gasteiger partial charge is 0.330 e. The van der Waals surface area contributed by atoms with Crippen molar-refractivity contribution in [3.05, 3.63) is 24.2 Å². The molecule has 74 valence electrons. The molecule has 0 aliphatic rings. The van der Waals surface area contributed by atoms with Crippen molar-refractivity contribution in [1.82, 2.24) is 14.5 Å². The lowest BCUT2D eigenvalue weighted by Crippen LogP contribution is -1.97. The number of hydrogen-bond acceptors (Lipinski definition) is 2. The third-order valence-electron chi connectivity index (χ3n) is 2.50. The molecule has 0 spiro atoms. The molecule has 0 aliphatic carbocycles. The Hall–Kier alpha value is -1.38. The van der Waals surface area contributed by atoms with Gasteiger partial charge in [0.05, 0.1) is 5.52 Å². The summed E-state index contributed by atoms with van der Waals surface area (Å²) in [7, 11) is 2.06. The van der Waals surface area contributed by atoms with E-state index in [0.717, 1.165) is 23.4 Å². The molecule has 0 bridgehead atoms. The van der Waals surface area contributed by atoms with Gasteiger partial charge in [-0.1, -0.05) is 13.3 Å². The quantitative estimate of drug-likeness (QED) is 0.741. The second-order valence-corrected chi connectivity index (χ2v) is 3.54. The minimum atomic E-state index is 0.862. The maximum absolute atomic E-state index is 4.50. The van der Waals surface area contributed by atoms with Crippen LogP contribution in [0, 0.1) is 0 Å². The van der Waals surface area contributed by atoms with Crippen LogP contribution in [0.3, 0.4) is 0 Å². The zero-order chi connectivity index (χ0) is 9.97. The van der Waals surface area contributed by atoms with Crippen LogP contribution in [0.5, 0.6) is 0 Å². The highest BCUT2D eigenvalue weighted by molar-refractivity contribution is 5.71. The Labute approximate surface area is 83.8 Å². The topological polar surface area (TPSA) is 30.7 Å². The van der Waals surface area contributed by atoms with E-state index in [-0.39, 0.29) is 0 Å². The number of imidazole rings is 1. The molecule has 0 aliphatic heterocycles. The Balaban J connectivity index is 2.41. The summed E-state index contributed by atoms with van der Waals surface area (Å²) in [4.78, 5) is 8.74. The predicted molar refractivity (Wildman–Crippen MR) is 57.1 cm³/mol. The summed E-state index contributed by atoms with van der Waals surface area (Å²) in [5, 5.41) is 0. The van der Waals surface area contributed by atoms with Crippen LogP contribution >= 0.6 is 0 Å². The van der Waals surface area contributed by atoms with Crippen molar-refractivity contribution in [1.29, 1.82) is 0 Å². The van der Waals surface area contributed by atoms with Crippen molar-refractivity contribution in [3.63, 3.8) is 0 Å². The van der Waals surface area contributed by atoms with Crippen LogP contribution in [-0.4, -0.2) is 14.5 Å². The van der Waals surface area contributed by atoms with Crippen molar-refractivity contribution >= 4 is 11.2 Å². The Bertz CT molecular complexity index is 431. The Kier molecular flexibility index (Phi) is 2.48. The van der Waals surface area contributed by atoms with E-state index in [0.29, 0.717) is 0 Å². The second kappa shape index (κ2) is 3.78. The number of aryl methyl sites for hydroxylation is 2. The van der Waals surface area contributed by atoms with Crippen molar-refractivity contribution in [3.8, 4) is 0 Å². The minimum absolute atomic E-state index is 0.862. The summed E-state index contributed by atoms with van der Waals surface area (Å²) in [6.07, 6.45) is 5.23. The number of rotatable bonds is 3. The highest BCUT2D eigenvalue weighted by atomic mass is 15.1. The fourth-order valence-corrected chi connectivity index (χ4v) is 1.63. The fraction of sp³-hybridized carbons (Fsp3) is 0.455. The van der Waals surface area contributed by atoms with E-state index < -0.39 is 0 Å². The normalized spacial score (nSPS) is 11.0. The van der Waals surface area contributed by atoms with Gasteiger partial charge in [-0.05, 0) is 18.6 Å². The standard InChI is InChI=1S/C11H15N3/c1-3-4-7-10-13-11-9(14(10)2)6-5-8-12-11/h5-6,8H,3-4,7H2,1-2H3. The number of hydrogen-bond donors (Lipinski definition) is 0. The van der Waals surface area contributed by atoms with Gasteiger partial charge in [-0.2, -0.15) is 0 Å². The van der Waals surface area contributed by atoms with Crippen LogP contribution in [0.2, 0.25) is 0 Å². The number of pyridine rings is 1. The lowest BCUT2D eigenvalue weighted by Gasteiger charge is -1.99. The third-order valence-corrected chi connectivity index (χ3v) is 2.50. The molecule has 0 radical (unpaired) electrons. The number of aromatic nitrogens is 3. The molecule has 3 nitrogen and oxygen atoms in total. The molecule has 0 atom stereocenters. The molecule has 0 fully saturated rings. The first-order chi connectivity index (χ1) is 6.83. The molecule has 0 unspecified atom stereocenters. The molecular formula is C11H15N3. The highest BCUT2D eigenvalue weighted by Gasteiger charge is 2.06.